The highest BCUT2D eigenvalue weighted by Gasteiger charge is 2.18. The standard InChI is InChI=1S/C17H14N4O2/c18-4-2-6-21-14-10-16-15(22-7-8-23-16)9-13(14)20-17(21)12-3-1-5-19-11-12/h1,3,5,9-11H,2,6-8H2. The number of ether oxygens (including phenoxy) is 2. The number of aromatic nitrogens is 3. The van der Waals surface area contributed by atoms with Gasteiger partial charge in [0, 0.05) is 36.6 Å². The summed E-state index contributed by atoms with van der Waals surface area (Å²) in [6.45, 7) is 1.65. The van der Waals surface area contributed by atoms with E-state index in [4.69, 9.17) is 19.7 Å². The Morgan fingerprint density at radius 1 is 1.22 bits per heavy atom. The Morgan fingerprint density at radius 3 is 2.78 bits per heavy atom. The second-order valence-corrected chi connectivity index (χ2v) is 5.22. The molecule has 0 aliphatic carbocycles. The van der Waals surface area contributed by atoms with Gasteiger partial charge in [-0.05, 0) is 12.1 Å². The average Bonchev–Trinajstić information content (AvgIpc) is 2.96. The quantitative estimate of drug-likeness (QED) is 0.744. The Bertz CT molecular complexity index is 896. The fraction of sp³-hybridized carbons (Fsp3) is 0.235. The molecule has 0 N–H and O–H groups in total. The molecule has 0 fully saturated rings. The van der Waals surface area contributed by atoms with Crippen LogP contribution in [0, 0.1) is 11.3 Å². The number of nitriles is 1. The van der Waals surface area contributed by atoms with Crippen molar-refractivity contribution >= 4 is 11.0 Å². The Balaban J connectivity index is 1.93. The molecule has 0 bridgehead atoms. The largest absolute Gasteiger partial charge is 0.486 e. The van der Waals surface area contributed by atoms with E-state index in [0.29, 0.717) is 31.9 Å². The lowest BCUT2D eigenvalue weighted by Crippen LogP contribution is -2.15. The number of hydrogen-bond acceptors (Lipinski definition) is 5. The summed E-state index contributed by atoms with van der Waals surface area (Å²) >= 11 is 0. The molecule has 1 aliphatic rings. The Morgan fingerprint density at radius 2 is 2.04 bits per heavy atom. The number of fused-ring (bicyclic) bond motifs is 2. The maximum absolute atomic E-state index is 8.95. The van der Waals surface area contributed by atoms with E-state index in [1.54, 1.807) is 12.4 Å². The molecule has 3 aromatic rings. The van der Waals surface area contributed by atoms with Crippen molar-refractivity contribution in [2.45, 2.75) is 13.0 Å². The zero-order chi connectivity index (χ0) is 15.6. The van der Waals surface area contributed by atoms with Gasteiger partial charge in [0.15, 0.2) is 11.5 Å². The molecule has 1 aromatic carbocycles. The zero-order valence-electron chi connectivity index (χ0n) is 12.4. The molecule has 0 radical (unpaired) electrons. The van der Waals surface area contributed by atoms with Gasteiger partial charge in [0.25, 0.3) is 0 Å². The van der Waals surface area contributed by atoms with Crippen LogP contribution >= 0.6 is 0 Å². The Kier molecular flexibility index (Phi) is 3.31. The number of rotatable bonds is 3. The van der Waals surface area contributed by atoms with Crippen molar-refractivity contribution in [1.29, 1.82) is 5.26 Å². The third kappa shape index (κ3) is 2.36. The van der Waals surface area contributed by atoms with Crippen LogP contribution in [0.4, 0.5) is 0 Å². The summed E-state index contributed by atoms with van der Waals surface area (Å²) in [6, 6.07) is 9.86. The number of imidazole rings is 1. The SMILES string of the molecule is N#CCCn1c(-c2cccnc2)nc2cc3c(cc21)OCCO3. The van der Waals surface area contributed by atoms with Gasteiger partial charge in [0.2, 0.25) is 0 Å². The summed E-state index contributed by atoms with van der Waals surface area (Å²) in [5, 5.41) is 8.95. The first-order valence-electron chi connectivity index (χ1n) is 7.44. The Labute approximate surface area is 132 Å². The van der Waals surface area contributed by atoms with Crippen molar-refractivity contribution in [3.63, 3.8) is 0 Å². The third-order valence-electron chi connectivity index (χ3n) is 3.78. The van der Waals surface area contributed by atoms with Crippen LogP contribution in [0.5, 0.6) is 11.5 Å². The minimum atomic E-state index is 0.410. The predicted octanol–water partition coefficient (Wildman–Crippen LogP) is 2.78. The normalized spacial score (nSPS) is 13.0. The van der Waals surface area contributed by atoms with Gasteiger partial charge in [0.1, 0.15) is 19.0 Å². The highest BCUT2D eigenvalue weighted by molar-refractivity contribution is 5.84. The second-order valence-electron chi connectivity index (χ2n) is 5.22. The van der Waals surface area contributed by atoms with Gasteiger partial charge in [-0.15, -0.1) is 0 Å². The van der Waals surface area contributed by atoms with E-state index >= 15 is 0 Å². The van der Waals surface area contributed by atoms with Gasteiger partial charge in [-0.3, -0.25) is 4.98 Å². The molecule has 1 aliphatic heterocycles. The minimum absolute atomic E-state index is 0.410. The monoisotopic (exact) mass is 306 g/mol. The maximum atomic E-state index is 8.95. The highest BCUT2D eigenvalue weighted by atomic mass is 16.6. The van der Waals surface area contributed by atoms with Crippen molar-refractivity contribution in [3.05, 3.63) is 36.7 Å². The summed E-state index contributed by atoms with van der Waals surface area (Å²) < 4.78 is 13.3. The van der Waals surface area contributed by atoms with E-state index in [1.807, 2.05) is 28.8 Å². The maximum Gasteiger partial charge on any atom is 0.163 e. The first-order chi connectivity index (χ1) is 11.4. The first-order valence-corrected chi connectivity index (χ1v) is 7.44. The molecule has 0 spiro atoms. The van der Waals surface area contributed by atoms with Gasteiger partial charge in [-0.2, -0.15) is 5.26 Å². The Hall–Kier alpha value is -3.07. The molecule has 0 saturated carbocycles. The summed E-state index contributed by atoms with van der Waals surface area (Å²) in [5.41, 5.74) is 2.68. The van der Waals surface area contributed by atoms with Crippen LogP contribution in [0.3, 0.4) is 0 Å². The van der Waals surface area contributed by atoms with E-state index in [0.717, 1.165) is 28.2 Å². The molecule has 0 unspecified atom stereocenters. The molecule has 6 heteroatoms. The molecule has 0 atom stereocenters. The number of hydrogen-bond donors (Lipinski definition) is 0. The van der Waals surface area contributed by atoms with Crippen LogP contribution in [0.2, 0.25) is 0 Å². The van der Waals surface area contributed by atoms with Gasteiger partial charge in [-0.1, -0.05) is 0 Å². The molecule has 0 saturated heterocycles. The van der Waals surface area contributed by atoms with E-state index < -0.39 is 0 Å². The van der Waals surface area contributed by atoms with Crippen molar-refractivity contribution < 1.29 is 9.47 Å². The van der Waals surface area contributed by atoms with Gasteiger partial charge >= 0.3 is 0 Å². The van der Waals surface area contributed by atoms with E-state index in [-0.39, 0.29) is 0 Å². The summed E-state index contributed by atoms with van der Waals surface area (Å²) in [6.07, 6.45) is 3.91. The predicted molar refractivity (Wildman–Crippen MR) is 84.2 cm³/mol. The van der Waals surface area contributed by atoms with Crippen molar-refractivity contribution in [3.8, 4) is 29.0 Å². The van der Waals surface area contributed by atoms with Crippen molar-refractivity contribution in [2.24, 2.45) is 0 Å². The van der Waals surface area contributed by atoms with Gasteiger partial charge in [0.05, 0.1) is 23.5 Å². The molecule has 6 nitrogen and oxygen atoms in total. The van der Waals surface area contributed by atoms with Crippen LogP contribution in [0.15, 0.2) is 36.7 Å². The summed E-state index contributed by atoms with van der Waals surface area (Å²) in [4.78, 5) is 8.88. The van der Waals surface area contributed by atoms with Crippen LogP contribution in [0.25, 0.3) is 22.4 Å². The summed E-state index contributed by atoms with van der Waals surface area (Å²) in [5.74, 6) is 2.23. The molecular formula is C17H14N4O2. The third-order valence-corrected chi connectivity index (χ3v) is 3.78. The van der Waals surface area contributed by atoms with Crippen molar-refractivity contribution in [2.75, 3.05) is 13.2 Å². The molecular weight excluding hydrogens is 292 g/mol. The van der Waals surface area contributed by atoms with E-state index in [2.05, 4.69) is 11.1 Å². The van der Waals surface area contributed by atoms with E-state index in [1.165, 1.54) is 0 Å². The number of aryl methyl sites for hydroxylation is 1. The lowest BCUT2D eigenvalue weighted by atomic mass is 10.2. The van der Waals surface area contributed by atoms with Crippen LogP contribution in [-0.2, 0) is 6.54 Å². The zero-order valence-corrected chi connectivity index (χ0v) is 12.4. The lowest BCUT2D eigenvalue weighted by Gasteiger charge is -2.18. The topological polar surface area (TPSA) is 73.0 Å². The summed E-state index contributed by atoms with van der Waals surface area (Å²) in [7, 11) is 0. The first kappa shape index (κ1) is 13.6. The second kappa shape index (κ2) is 5.61. The molecule has 4 rings (SSSR count). The fourth-order valence-electron chi connectivity index (χ4n) is 2.77. The molecule has 3 heterocycles. The van der Waals surface area contributed by atoms with Crippen LogP contribution in [0.1, 0.15) is 6.42 Å². The van der Waals surface area contributed by atoms with Crippen LogP contribution < -0.4 is 9.47 Å². The average molecular weight is 306 g/mol. The van der Waals surface area contributed by atoms with Crippen LogP contribution in [-0.4, -0.2) is 27.7 Å². The minimum Gasteiger partial charge on any atom is -0.486 e. The lowest BCUT2D eigenvalue weighted by molar-refractivity contribution is 0.172. The molecule has 114 valence electrons. The van der Waals surface area contributed by atoms with E-state index in [9.17, 15) is 0 Å². The number of pyridine rings is 1. The highest BCUT2D eigenvalue weighted by Crippen LogP contribution is 2.36. The number of benzene rings is 1. The van der Waals surface area contributed by atoms with Gasteiger partial charge in [-0.25, -0.2) is 4.98 Å². The van der Waals surface area contributed by atoms with Gasteiger partial charge < -0.3 is 14.0 Å². The molecule has 23 heavy (non-hydrogen) atoms. The smallest absolute Gasteiger partial charge is 0.163 e. The fourth-order valence-corrected chi connectivity index (χ4v) is 2.77. The molecule has 2 aromatic heterocycles. The molecule has 0 amide bonds. The number of nitrogens with zero attached hydrogens (tertiary/aromatic N) is 4. The van der Waals surface area contributed by atoms with Crippen molar-refractivity contribution in [1.82, 2.24) is 14.5 Å².